The molecule has 1 rings (SSSR count). The molecule has 0 saturated carbocycles. The van der Waals surface area contributed by atoms with Crippen LogP contribution in [-0.4, -0.2) is 35.9 Å². The van der Waals surface area contributed by atoms with E-state index in [9.17, 15) is 9.90 Å². The summed E-state index contributed by atoms with van der Waals surface area (Å²) in [5, 5.41) is 12.9. The van der Waals surface area contributed by atoms with Crippen molar-refractivity contribution in [3.8, 4) is 0 Å². The number of ether oxygens (including phenoxy) is 1. The summed E-state index contributed by atoms with van der Waals surface area (Å²) in [6.07, 6.45) is 0.865. The first-order valence-electron chi connectivity index (χ1n) is 7.15. The monoisotopic (exact) mass is 279 g/mol. The van der Waals surface area contributed by atoms with E-state index in [4.69, 9.17) is 4.74 Å². The summed E-state index contributed by atoms with van der Waals surface area (Å²) in [6, 6.07) is 9.43. The predicted molar refractivity (Wildman–Crippen MR) is 79.5 cm³/mol. The van der Waals surface area contributed by atoms with E-state index in [-0.39, 0.29) is 24.7 Å². The van der Waals surface area contributed by atoms with Crippen molar-refractivity contribution < 1.29 is 14.6 Å². The van der Waals surface area contributed by atoms with Gasteiger partial charge in [0.15, 0.2) is 0 Å². The van der Waals surface area contributed by atoms with Crippen molar-refractivity contribution >= 4 is 5.91 Å². The standard InChI is InChI=1S/C16H25NO3/c1-4-12(2)20-11-16(19)17-13(3)15(18)10-14-8-6-5-7-9-14/h5-9,12-13,15,18H,4,10-11H2,1-3H3,(H,17,19). The molecule has 1 aromatic carbocycles. The lowest BCUT2D eigenvalue weighted by Crippen LogP contribution is -2.43. The Morgan fingerprint density at radius 2 is 1.95 bits per heavy atom. The summed E-state index contributed by atoms with van der Waals surface area (Å²) < 4.78 is 5.36. The van der Waals surface area contributed by atoms with Gasteiger partial charge in [0.05, 0.1) is 18.2 Å². The molecule has 1 amide bonds. The fourth-order valence-corrected chi connectivity index (χ4v) is 1.76. The third-order valence-corrected chi connectivity index (χ3v) is 3.33. The smallest absolute Gasteiger partial charge is 0.246 e. The lowest BCUT2D eigenvalue weighted by atomic mass is 10.0. The Hall–Kier alpha value is -1.39. The zero-order valence-corrected chi connectivity index (χ0v) is 12.5. The second kappa shape index (κ2) is 8.72. The van der Waals surface area contributed by atoms with Gasteiger partial charge in [-0.05, 0) is 25.8 Å². The average Bonchev–Trinajstić information content (AvgIpc) is 2.45. The SMILES string of the molecule is CCC(C)OCC(=O)NC(C)C(O)Cc1ccccc1. The van der Waals surface area contributed by atoms with E-state index in [2.05, 4.69) is 5.32 Å². The van der Waals surface area contributed by atoms with Crippen LogP contribution in [-0.2, 0) is 16.0 Å². The lowest BCUT2D eigenvalue weighted by molar-refractivity contribution is -0.128. The minimum absolute atomic E-state index is 0.0391. The molecule has 0 spiro atoms. The summed E-state index contributed by atoms with van der Waals surface area (Å²) >= 11 is 0. The molecule has 4 heteroatoms. The molecule has 0 aliphatic heterocycles. The Morgan fingerprint density at radius 3 is 2.55 bits per heavy atom. The molecule has 0 bridgehead atoms. The molecule has 4 nitrogen and oxygen atoms in total. The van der Waals surface area contributed by atoms with Crippen molar-refractivity contribution in [1.82, 2.24) is 5.32 Å². The Labute approximate surface area is 121 Å². The van der Waals surface area contributed by atoms with Gasteiger partial charge in [-0.1, -0.05) is 37.3 Å². The lowest BCUT2D eigenvalue weighted by Gasteiger charge is -2.21. The molecule has 0 saturated heterocycles. The maximum absolute atomic E-state index is 11.7. The van der Waals surface area contributed by atoms with Gasteiger partial charge in [-0.3, -0.25) is 4.79 Å². The molecular formula is C16H25NO3. The van der Waals surface area contributed by atoms with E-state index >= 15 is 0 Å². The third kappa shape index (κ3) is 6.17. The number of benzene rings is 1. The first-order valence-corrected chi connectivity index (χ1v) is 7.15. The van der Waals surface area contributed by atoms with Crippen molar-refractivity contribution in [2.24, 2.45) is 0 Å². The van der Waals surface area contributed by atoms with Crippen LogP contribution in [0.25, 0.3) is 0 Å². The molecule has 0 heterocycles. The molecule has 0 radical (unpaired) electrons. The molecular weight excluding hydrogens is 254 g/mol. The normalized spacial score (nSPS) is 15.4. The summed E-state index contributed by atoms with van der Waals surface area (Å²) in [6.45, 7) is 5.78. The van der Waals surface area contributed by atoms with Crippen LogP contribution in [0, 0.1) is 0 Å². The molecule has 2 N–H and O–H groups in total. The number of nitrogens with one attached hydrogen (secondary N) is 1. The van der Waals surface area contributed by atoms with Crippen molar-refractivity contribution in [2.45, 2.75) is 51.9 Å². The van der Waals surface area contributed by atoms with Gasteiger partial charge in [0.25, 0.3) is 0 Å². The van der Waals surface area contributed by atoms with E-state index in [0.717, 1.165) is 12.0 Å². The van der Waals surface area contributed by atoms with Gasteiger partial charge in [-0.15, -0.1) is 0 Å². The maximum Gasteiger partial charge on any atom is 0.246 e. The summed E-state index contributed by atoms with van der Waals surface area (Å²) in [5.41, 5.74) is 1.05. The van der Waals surface area contributed by atoms with Crippen LogP contribution < -0.4 is 5.32 Å². The average molecular weight is 279 g/mol. The minimum Gasteiger partial charge on any atom is -0.391 e. The molecule has 1 aromatic rings. The maximum atomic E-state index is 11.7. The summed E-state index contributed by atoms with van der Waals surface area (Å²) in [5.74, 6) is -0.190. The van der Waals surface area contributed by atoms with Crippen LogP contribution in [0.2, 0.25) is 0 Å². The van der Waals surface area contributed by atoms with Crippen molar-refractivity contribution in [1.29, 1.82) is 0 Å². The van der Waals surface area contributed by atoms with Gasteiger partial charge in [0.1, 0.15) is 6.61 Å². The highest BCUT2D eigenvalue weighted by molar-refractivity contribution is 5.77. The highest BCUT2D eigenvalue weighted by Crippen LogP contribution is 2.06. The van der Waals surface area contributed by atoms with Gasteiger partial charge < -0.3 is 15.2 Å². The Morgan fingerprint density at radius 1 is 1.30 bits per heavy atom. The number of hydrogen-bond donors (Lipinski definition) is 2. The minimum atomic E-state index is -0.607. The first-order chi connectivity index (χ1) is 9.52. The van der Waals surface area contributed by atoms with Crippen molar-refractivity contribution in [3.05, 3.63) is 35.9 Å². The predicted octanol–water partition coefficient (Wildman–Crippen LogP) is 1.91. The highest BCUT2D eigenvalue weighted by Gasteiger charge is 2.17. The number of amides is 1. The Bertz CT molecular complexity index is 394. The fraction of sp³-hybridized carbons (Fsp3) is 0.562. The number of hydrogen-bond acceptors (Lipinski definition) is 3. The number of aliphatic hydroxyl groups is 1. The molecule has 0 aliphatic carbocycles. The Balaban J connectivity index is 2.34. The Kier molecular flexibility index (Phi) is 7.26. The van der Waals surface area contributed by atoms with Crippen molar-refractivity contribution in [3.63, 3.8) is 0 Å². The summed E-state index contributed by atoms with van der Waals surface area (Å²) in [4.78, 5) is 11.7. The van der Waals surface area contributed by atoms with Crippen LogP contribution in [0.1, 0.15) is 32.8 Å². The third-order valence-electron chi connectivity index (χ3n) is 3.33. The largest absolute Gasteiger partial charge is 0.391 e. The van der Waals surface area contributed by atoms with Gasteiger partial charge in [0, 0.05) is 6.42 Å². The van der Waals surface area contributed by atoms with E-state index < -0.39 is 6.10 Å². The second-order valence-corrected chi connectivity index (χ2v) is 5.14. The molecule has 3 unspecified atom stereocenters. The van der Waals surface area contributed by atoms with E-state index in [1.165, 1.54) is 0 Å². The fourth-order valence-electron chi connectivity index (χ4n) is 1.76. The molecule has 112 valence electrons. The van der Waals surface area contributed by atoms with Crippen molar-refractivity contribution in [2.75, 3.05) is 6.61 Å². The first kappa shape index (κ1) is 16.7. The van der Waals surface area contributed by atoms with E-state index in [1.54, 1.807) is 6.92 Å². The molecule has 0 fully saturated rings. The summed E-state index contributed by atoms with van der Waals surface area (Å²) in [7, 11) is 0. The topological polar surface area (TPSA) is 58.6 Å². The molecule has 20 heavy (non-hydrogen) atoms. The zero-order valence-electron chi connectivity index (χ0n) is 12.5. The molecule has 3 atom stereocenters. The van der Waals surface area contributed by atoms with Crippen LogP contribution in [0.4, 0.5) is 0 Å². The number of carbonyl (C=O) groups excluding carboxylic acids is 1. The van der Waals surface area contributed by atoms with E-state index in [0.29, 0.717) is 6.42 Å². The van der Waals surface area contributed by atoms with Gasteiger partial charge >= 0.3 is 0 Å². The zero-order chi connectivity index (χ0) is 15.0. The van der Waals surface area contributed by atoms with Crippen LogP contribution in [0.3, 0.4) is 0 Å². The highest BCUT2D eigenvalue weighted by atomic mass is 16.5. The van der Waals surface area contributed by atoms with Gasteiger partial charge in [0.2, 0.25) is 5.91 Å². The van der Waals surface area contributed by atoms with Gasteiger partial charge in [-0.25, -0.2) is 0 Å². The number of carbonyl (C=O) groups is 1. The number of aliphatic hydroxyl groups excluding tert-OH is 1. The quantitative estimate of drug-likeness (QED) is 0.764. The van der Waals surface area contributed by atoms with E-state index in [1.807, 2.05) is 44.2 Å². The molecule has 0 aliphatic rings. The van der Waals surface area contributed by atoms with Gasteiger partial charge in [-0.2, -0.15) is 0 Å². The van der Waals surface area contributed by atoms with Crippen LogP contribution in [0.5, 0.6) is 0 Å². The second-order valence-electron chi connectivity index (χ2n) is 5.14. The van der Waals surface area contributed by atoms with Crippen LogP contribution in [0.15, 0.2) is 30.3 Å². The molecule has 0 aromatic heterocycles. The number of rotatable bonds is 8. The van der Waals surface area contributed by atoms with Crippen LogP contribution >= 0.6 is 0 Å².